The van der Waals surface area contributed by atoms with Crippen molar-refractivity contribution in [1.82, 2.24) is 0 Å². The minimum atomic E-state index is -0.251. The highest BCUT2D eigenvalue weighted by Crippen LogP contribution is 2.49. The van der Waals surface area contributed by atoms with E-state index in [1.165, 1.54) is 5.56 Å². The van der Waals surface area contributed by atoms with E-state index in [0.717, 1.165) is 22.6 Å². The van der Waals surface area contributed by atoms with Crippen molar-refractivity contribution in [3.8, 4) is 17.2 Å². The van der Waals surface area contributed by atoms with Crippen LogP contribution in [0.4, 0.5) is 11.4 Å². The van der Waals surface area contributed by atoms with Gasteiger partial charge in [-0.1, -0.05) is 31.2 Å². The van der Waals surface area contributed by atoms with Crippen LogP contribution in [0.15, 0.2) is 65.6 Å². The van der Waals surface area contributed by atoms with Gasteiger partial charge in [0.25, 0.3) is 0 Å². The third-order valence-corrected chi connectivity index (χ3v) is 7.42. The molecule has 36 heavy (non-hydrogen) atoms. The van der Waals surface area contributed by atoms with Gasteiger partial charge >= 0.3 is 0 Å². The Kier molecular flexibility index (Phi) is 8.05. The molecule has 188 valence electrons. The molecule has 1 aliphatic rings. The Morgan fingerprint density at radius 3 is 2.28 bits per heavy atom. The largest absolute Gasteiger partial charge is 0.493 e. The molecular formula is C28H30N2O5S. The van der Waals surface area contributed by atoms with E-state index in [-0.39, 0.29) is 30.0 Å². The summed E-state index contributed by atoms with van der Waals surface area (Å²) in [5, 5.41) is 2.70. The molecule has 1 heterocycles. The van der Waals surface area contributed by atoms with Gasteiger partial charge < -0.3 is 24.4 Å². The third-order valence-electron chi connectivity index (χ3n) is 6.09. The van der Waals surface area contributed by atoms with Crippen molar-refractivity contribution in [1.29, 1.82) is 0 Å². The second-order valence-corrected chi connectivity index (χ2v) is 9.56. The molecule has 1 N–H and O–H groups in total. The van der Waals surface area contributed by atoms with Gasteiger partial charge in [0.15, 0.2) is 11.5 Å². The summed E-state index contributed by atoms with van der Waals surface area (Å²) < 4.78 is 16.5. The summed E-state index contributed by atoms with van der Waals surface area (Å²) in [5.41, 5.74) is 3.50. The smallest absolute Gasteiger partial charge is 0.244 e. The molecule has 0 spiro atoms. The van der Waals surface area contributed by atoms with Crippen molar-refractivity contribution in [2.45, 2.75) is 29.9 Å². The maximum atomic E-state index is 13.5. The van der Waals surface area contributed by atoms with E-state index in [1.54, 1.807) is 38.0 Å². The van der Waals surface area contributed by atoms with Crippen LogP contribution in [-0.2, 0) is 16.0 Å². The SMILES string of the molecule is CCc1ccc(NC(=O)CN2C(=O)C[C@H](c3cc(OC)c(OC)c(OC)c3)Sc3ccccc32)cc1. The van der Waals surface area contributed by atoms with Crippen LogP contribution >= 0.6 is 11.8 Å². The van der Waals surface area contributed by atoms with Gasteiger partial charge in [0, 0.05) is 22.3 Å². The first-order chi connectivity index (χ1) is 17.5. The molecule has 0 unspecified atom stereocenters. The van der Waals surface area contributed by atoms with Crippen LogP contribution < -0.4 is 24.4 Å². The lowest BCUT2D eigenvalue weighted by molar-refractivity contribution is -0.121. The Hall–Kier alpha value is -3.65. The lowest BCUT2D eigenvalue weighted by atomic mass is 10.1. The zero-order valence-electron chi connectivity index (χ0n) is 20.9. The number of rotatable bonds is 8. The zero-order chi connectivity index (χ0) is 25.7. The molecule has 0 fully saturated rings. The maximum Gasteiger partial charge on any atom is 0.244 e. The Morgan fingerprint density at radius 1 is 1.00 bits per heavy atom. The van der Waals surface area contributed by atoms with Gasteiger partial charge in [0.2, 0.25) is 17.6 Å². The number of fused-ring (bicyclic) bond motifs is 1. The molecule has 0 bridgehead atoms. The summed E-state index contributed by atoms with van der Waals surface area (Å²) >= 11 is 1.58. The fourth-order valence-electron chi connectivity index (χ4n) is 4.19. The van der Waals surface area contributed by atoms with Gasteiger partial charge in [0.1, 0.15) is 6.54 Å². The van der Waals surface area contributed by atoms with Crippen LogP contribution in [0.25, 0.3) is 0 Å². The molecule has 2 amide bonds. The quantitative estimate of drug-likeness (QED) is 0.436. The summed E-state index contributed by atoms with van der Waals surface area (Å²) in [7, 11) is 4.69. The summed E-state index contributed by atoms with van der Waals surface area (Å²) in [5.74, 6) is 1.17. The Balaban J connectivity index is 1.61. The van der Waals surface area contributed by atoms with E-state index >= 15 is 0 Å². The number of thioether (sulfide) groups is 1. The summed E-state index contributed by atoms with van der Waals surface area (Å²) in [4.78, 5) is 28.9. The maximum absolute atomic E-state index is 13.5. The van der Waals surface area contributed by atoms with Crippen molar-refractivity contribution < 1.29 is 23.8 Å². The van der Waals surface area contributed by atoms with E-state index in [0.29, 0.717) is 22.9 Å². The highest BCUT2D eigenvalue weighted by atomic mass is 32.2. The number of carbonyl (C=O) groups excluding carboxylic acids is 2. The summed E-state index contributed by atoms with van der Waals surface area (Å²) in [6.07, 6.45) is 1.13. The molecule has 8 heteroatoms. The number of anilines is 2. The van der Waals surface area contributed by atoms with E-state index in [9.17, 15) is 9.59 Å². The number of ether oxygens (including phenoxy) is 3. The topological polar surface area (TPSA) is 77.1 Å². The average Bonchev–Trinajstić information content (AvgIpc) is 3.04. The van der Waals surface area contributed by atoms with Crippen molar-refractivity contribution in [2.24, 2.45) is 0 Å². The number of nitrogens with zero attached hydrogens (tertiary/aromatic N) is 1. The van der Waals surface area contributed by atoms with E-state index < -0.39 is 0 Å². The molecule has 0 radical (unpaired) electrons. The number of carbonyl (C=O) groups is 2. The highest BCUT2D eigenvalue weighted by molar-refractivity contribution is 7.99. The number of nitrogens with one attached hydrogen (secondary N) is 1. The average molecular weight is 507 g/mol. The first kappa shape index (κ1) is 25.4. The lowest BCUT2D eigenvalue weighted by Crippen LogP contribution is -2.38. The van der Waals surface area contributed by atoms with Gasteiger partial charge in [0.05, 0.1) is 27.0 Å². The second-order valence-electron chi connectivity index (χ2n) is 8.32. The molecule has 1 aliphatic heterocycles. The van der Waals surface area contributed by atoms with Gasteiger partial charge in [-0.15, -0.1) is 11.8 Å². The second kappa shape index (κ2) is 11.4. The third kappa shape index (κ3) is 5.44. The molecule has 3 aromatic carbocycles. The fraction of sp³-hybridized carbons (Fsp3) is 0.286. The van der Waals surface area contributed by atoms with E-state index in [2.05, 4.69) is 12.2 Å². The number of methoxy groups -OCH3 is 3. The monoisotopic (exact) mass is 506 g/mol. The van der Waals surface area contributed by atoms with Crippen LogP contribution in [0.1, 0.15) is 29.7 Å². The lowest BCUT2D eigenvalue weighted by Gasteiger charge is -2.22. The molecule has 7 nitrogen and oxygen atoms in total. The number of para-hydroxylation sites is 1. The molecular weight excluding hydrogens is 476 g/mol. The van der Waals surface area contributed by atoms with Crippen LogP contribution in [0.2, 0.25) is 0 Å². The minimum absolute atomic E-state index is 0.0755. The van der Waals surface area contributed by atoms with Crippen LogP contribution in [0.5, 0.6) is 17.2 Å². The molecule has 1 atom stereocenters. The number of aryl methyl sites for hydroxylation is 1. The van der Waals surface area contributed by atoms with Gasteiger partial charge in [-0.2, -0.15) is 0 Å². The predicted molar refractivity (Wildman–Crippen MR) is 143 cm³/mol. The molecule has 4 rings (SSSR count). The Morgan fingerprint density at radius 2 is 1.67 bits per heavy atom. The van der Waals surface area contributed by atoms with E-state index in [4.69, 9.17) is 14.2 Å². The van der Waals surface area contributed by atoms with Gasteiger partial charge in [-0.05, 0) is 53.9 Å². The fourth-order valence-corrected chi connectivity index (χ4v) is 5.45. The zero-order valence-corrected chi connectivity index (χ0v) is 21.7. The first-order valence-electron chi connectivity index (χ1n) is 11.7. The van der Waals surface area contributed by atoms with Crippen LogP contribution in [-0.4, -0.2) is 39.7 Å². The predicted octanol–water partition coefficient (Wildman–Crippen LogP) is 5.48. The van der Waals surface area contributed by atoms with Crippen LogP contribution in [0.3, 0.4) is 0 Å². The molecule has 0 aromatic heterocycles. The number of amides is 2. The normalized spacial score (nSPS) is 15.1. The number of hydrogen-bond acceptors (Lipinski definition) is 6. The number of hydrogen-bond donors (Lipinski definition) is 1. The molecule has 0 aliphatic carbocycles. The minimum Gasteiger partial charge on any atom is -0.493 e. The van der Waals surface area contributed by atoms with Crippen LogP contribution in [0, 0.1) is 0 Å². The Labute approximate surface area is 215 Å². The van der Waals surface area contributed by atoms with Gasteiger partial charge in [-0.3, -0.25) is 9.59 Å². The molecule has 0 saturated carbocycles. The van der Waals surface area contributed by atoms with Crippen molar-refractivity contribution in [2.75, 3.05) is 38.1 Å². The number of benzene rings is 3. The summed E-state index contributed by atoms with van der Waals surface area (Å²) in [6.45, 7) is 2.01. The molecule has 3 aromatic rings. The summed E-state index contributed by atoms with van der Waals surface area (Å²) in [6, 6.07) is 19.1. The standard InChI is InChI=1S/C28H30N2O5S/c1-5-18-10-12-20(13-11-18)29-26(31)17-30-21-8-6-7-9-24(21)36-25(16-27(30)32)19-14-22(33-2)28(35-4)23(15-19)34-3/h6-15,25H,5,16-17H2,1-4H3,(H,29,31)/t25-/m1/s1. The van der Waals surface area contributed by atoms with Crippen molar-refractivity contribution in [3.63, 3.8) is 0 Å². The highest BCUT2D eigenvalue weighted by Gasteiger charge is 2.31. The van der Waals surface area contributed by atoms with Crippen molar-refractivity contribution >= 4 is 35.0 Å². The molecule has 0 saturated heterocycles. The van der Waals surface area contributed by atoms with Gasteiger partial charge in [-0.25, -0.2) is 0 Å². The van der Waals surface area contributed by atoms with Crippen molar-refractivity contribution in [3.05, 3.63) is 71.8 Å². The Bertz CT molecular complexity index is 1220. The first-order valence-corrected chi connectivity index (χ1v) is 12.6. The van der Waals surface area contributed by atoms with E-state index in [1.807, 2.05) is 60.7 Å².